The van der Waals surface area contributed by atoms with Crippen LogP contribution in [0.25, 0.3) is 0 Å². The van der Waals surface area contributed by atoms with Gasteiger partial charge >= 0.3 is 5.97 Å². The summed E-state index contributed by atoms with van der Waals surface area (Å²) in [6, 6.07) is 5.56. The first kappa shape index (κ1) is 13.7. The molecule has 2 atom stereocenters. The zero-order valence-corrected chi connectivity index (χ0v) is 11.5. The van der Waals surface area contributed by atoms with Gasteiger partial charge in [-0.15, -0.1) is 0 Å². The van der Waals surface area contributed by atoms with Crippen LogP contribution in [0, 0.1) is 0 Å². The highest BCUT2D eigenvalue weighted by molar-refractivity contribution is 7.99. The minimum absolute atomic E-state index is 0.0876. The monoisotopic (exact) mass is 285 g/mol. The second kappa shape index (κ2) is 5.95. The van der Waals surface area contributed by atoms with E-state index in [0.717, 1.165) is 17.7 Å². The number of aliphatic carboxylic acids is 1. The van der Waals surface area contributed by atoms with Crippen molar-refractivity contribution in [2.75, 3.05) is 18.1 Å². The number of carboxylic acids is 1. The van der Waals surface area contributed by atoms with Gasteiger partial charge in [0.25, 0.3) is 0 Å². The lowest BCUT2D eigenvalue weighted by Crippen LogP contribution is -2.21. The molecule has 0 spiro atoms. The molecule has 3 N–H and O–H groups in total. The van der Waals surface area contributed by atoms with Crippen LogP contribution in [0.5, 0.6) is 0 Å². The van der Waals surface area contributed by atoms with E-state index >= 15 is 0 Å². The highest BCUT2D eigenvalue weighted by Gasteiger charge is 2.23. The van der Waals surface area contributed by atoms with Crippen molar-refractivity contribution in [3.8, 4) is 0 Å². The number of benzene rings is 1. The number of hydrogen-bond acceptors (Lipinski definition) is 3. The third-order valence-electron chi connectivity index (χ3n) is 3.33. The first-order valence-electron chi connectivity index (χ1n) is 5.93. The largest absolute Gasteiger partial charge is 0.481 e. The van der Waals surface area contributed by atoms with Crippen molar-refractivity contribution in [2.24, 2.45) is 5.73 Å². The number of carboxylic acid groups (broad SMARTS) is 1. The fraction of sp³-hybridized carbons (Fsp3) is 0.462. The summed E-state index contributed by atoms with van der Waals surface area (Å²) in [5, 5.41) is 9.74. The SMILES string of the molecule is NCC(C(=O)O)c1ccc(C2CCSC2)c(Cl)c1. The molecule has 0 saturated carbocycles. The van der Waals surface area contributed by atoms with Crippen molar-refractivity contribution in [1.29, 1.82) is 0 Å². The fourth-order valence-electron chi connectivity index (χ4n) is 2.25. The fourth-order valence-corrected chi connectivity index (χ4v) is 3.84. The number of rotatable bonds is 4. The van der Waals surface area contributed by atoms with Crippen LogP contribution < -0.4 is 5.73 Å². The van der Waals surface area contributed by atoms with Crippen LogP contribution in [0.15, 0.2) is 18.2 Å². The molecule has 5 heteroatoms. The van der Waals surface area contributed by atoms with E-state index in [0.29, 0.717) is 16.5 Å². The van der Waals surface area contributed by atoms with Gasteiger partial charge in [0.2, 0.25) is 0 Å². The van der Waals surface area contributed by atoms with Gasteiger partial charge in [0.1, 0.15) is 0 Å². The second-order valence-electron chi connectivity index (χ2n) is 4.47. The summed E-state index contributed by atoms with van der Waals surface area (Å²) in [7, 11) is 0. The van der Waals surface area contributed by atoms with Gasteiger partial charge in [-0.3, -0.25) is 4.79 Å². The Morgan fingerprint density at radius 1 is 1.61 bits per heavy atom. The van der Waals surface area contributed by atoms with Crippen molar-refractivity contribution in [3.63, 3.8) is 0 Å². The van der Waals surface area contributed by atoms with E-state index in [-0.39, 0.29) is 6.54 Å². The molecule has 2 rings (SSSR count). The van der Waals surface area contributed by atoms with Gasteiger partial charge in [0.05, 0.1) is 5.92 Å². The van der Waals surface area contributed by atoms with Gasteiger partial charge < -0.3 is 10.8 Å². The van der Waals surface area contributed by atoms with Gasteiger partial charge in [-0.25, -0.2) is 0 Å². The lowest BCUT2D eigenvalue weighted by Gasteiger charge is -2.15. The van der Waals surface area contributed by atoms with E-state index in [1.807, 2.05) is 23.9 Å². The van der Waals surface area contributed by atoms with Crippen LogP contribution >= 0.6 is 23.4 Å². The maximum Gasteiger partial charge on any atom is 0.312 e. The Morgan fingerprint density at radius 3 is 2.89 bits per heavy atom. The van der Waals surface area contributed by atoms with Gasteiger partial charge in [-0.2, -0.15) is 11.8 Å². The number of carbonyl (C=O) groups is 1. The smallest absolute Gasteiger partial charge is 0.312 e. The van der Waals surface area contributed by atoms with Crippen molar-refractivity contribution < 1.29 is 9.90 Å². The standard InChI is InChI=1S/C13H16ClNO2S/c14-12-5-8(11(6-15)13(16)17)1-2-10(12)9-3-4-18-7-9/h1-2,5,9,11H,3-4,6-7,15H2,(H,16,17). The normalized spacial score (nSPS) is 20.9. The predicted octanol–water partition coefficient (Wildman–Crippen LogP) is 2.69. The minimum atomic E-state index is -0.905. The Balaban J connectivity index is 2.26. The Hall–Kier alpha value is -0.710. The number of thioether (sulfide) groups is 1. The molecule has 1 aliphatic heterocycles. The molecule has 1 aromatic carbocycles. The summed E-state index contributed by atoms with van der Waals surface area (Å²) in [6.07, 6.45) is 1.14. The summed E-state index contributed by atoms with van der Waals surface area (Å²) in [5.41, 5.74) is 7.30. The van der Waals surface area contributed by atoms with Gasteiger partial charge in [0.15, 0.2) is 0 Å². The molecule has 1 fully saturated rings. The number of hydrogen-bond donors (Lipinski definition) is 2. The average molecular weight is 286 g/mol. The highest BCUT2D eigenvalue weighted by atomic mass is 35.5. The highest BCUT2D eigenvalue weighted by Crippen LogP contribution is 2.37. The van der Waals surface area contributed by atoms with Crippen molar-refractivity contribution in [2.45, 2.75) is 18.3 Å². The maximum absolute atomic E-state index is 11.1. The summed E-state index contributed by atoms with van der Waals surface area (Å²) in [4.78, 5) is 11.1. The number of nitrogens with two attached hydrogens (primary N) is 1. The van der Waals surface area contributed by atoms with Gasteiger partial charge in [-0.1, -0.05) is 23.7 Å². The molecule has 98 valence electrons. The molecule has 1 aliphatic rings. The van der Waals surface area contributed by atoms with Crippen LogP contribution in [0.2, 0.25) is 5.02 Å². The van der Waals surface area contributed by atoms with E-state index in [2.05, 4.69) is 0 Å². The van der Waals surface area contributed by atoms with Crippen LogP contribution in [0.1, 0.15) is 29.4 Å². The first-order chi connectivity index (χ1) is 8.63. The van der Waals surface area contributed by atoms with Crippen LogP contribution in [0.3, 0.4) is 0 Å². The van der Waals surface area contributed by atoms with E-state index in [1.165, 1.54) is 5.75 Å². The van der Waals surface area contributed by atoms with Crippen molar-refractivity contribution in [1.82, 2.24) is 0 Å². The zero-order chi connectivity index (χ0) is 13.1. The average Bonchev–Trinajstić information content (AvgIpc) is 2.83. The molecule has 1 aromatic rings. The summed E-state index contributed by atoms with van der Waals surface area (Å²) in [5.74, 6) is 1.19. The van der Waals surface area contributed by atoms with E-state index in [1.54, 1.807) is 6.07 Å². The molecule has 0 radical (unpaired) electrons. The Bertz CT molecular complexity index is 447. The van der Waals surface area contributed by atoms with E-state index in [4.69, 9.17) is 22.4 Å². The lowest BCUT2D eigenvalue weighted by molar-refractivity contribution is -0.138. The second-order valence-corrected chi connectivity index (χ2v) is 6.03. The molecule has 0 amide bonds. The van der Waals surface area contributed by atoms with Gasteiger partial charge in [-0.05, 0) is 35.3 Å². The Labute approximate surface area is 116 Å². The zero-order valence-electron chi connectivity index (χ0n) is 9.93. The van der Waals surface area contributed by atoms with E-state index in [9.17, 15) is 4.79 Å². The molecule has 0 aromatic heterocycles. The number of halogens is 1. The molecule has 1 saturated heterocycles. The van der Waals surface area contributed by atoms with Crippen molar-refractivity contribution in [3.05, 3.63) is 34.3 Å². The van der Waals surface area contributed by atoms with E-state index < -0.39 is 11.9 Å². The minimum Gasteiger partial charge on any atom is -0.481 e. The van der Waals surface area contributed by atoms with Crippen LogP contribution in [-0.4, -0.2) is 29.1 Å². The van der Waals surface area contributed by atoms with Crippen molar-refractivity contribution >= 4 is 29.3 Å². The molecular weight excluding hydrogens is 270 g/mol. The quantitative estimate of drug-likeness (QED) is 0.893. The summed E-state index contributed by atoms with van der Waals surface area (Å²) in [6.45, 7) is 0.0876. The molecule has 0 bridgehead atoms. The maximum atomic E-state index is 11.1. The molecule has 2 unspecified atom stereocenters. The molecule has 3 nitrogen and oxygen atoms in total. The Morgan fingerprint density at radius 2 is 2.39 bits per heavy atom. The summed E-state index contributed by atoms with van der Waals surface area (Å²) < 4.78 is 0. The summed E-state index contributed by atoms with van der Waals surface area (Å²) >= 11 is 8.21. The molecule has 1 heterocycles. The Kier molecular flexibility index (Phi) is 4.54. The van der Waals surface area contributed by atoms with Crippen LogP contribution in [0.4, 0.5) is 0 Å². The topological polar surface area (TPSA) is 63.3 Å². The predicted molar refractivity (Wildman–Crippen MR) is 75.6 cm³/mol. The molecule has 18 heavy (non-hydrogen) atoms. The lowest BCUT2D eigenvalue weighted by atomic mass is 9.93. The van der Waals surface area contributed by atoms with Crippen LogP contribution in [-0.2, 0) is 4.79 Å². The third-order valence-corrected chi connectivity index (χ3v) is 4.82. The third kappa shape index (κ3) is 2.82. The molecule has 0 aliphatic carbocycles. The first-order valence-corrected chi connectivity index (χ1v) is 7.46. The molecular formula is C13H16ClNO2S. The van der Waals surface area contributed by atoms with Gasteiger partial charge in [0, 0.05) is 17.3 Å².